The van der Waals surface area contributed by atoms with E-state index < -0.39 is 17.5 Å². The maximum atomic E-state index is 14.1. The standard InChI is InChI=1S/C15H9BrF2N4OS/c1-7-8(3-2-6-19-7)14(23)21-15-20-13(22-24-15)11-10(17)5-4-9(16)12(11)18/h2-6H,1H3,(H,20,21,22,23). The Morgan fingerprint density at radius 2 is 2.08 bits per heavy atom. The molecule has 5 nitrogen and oxygen atoms in total. The lowest BCUT2D eigenvalue weighted by atomic mass is 10.2. The van der Waals surface area contributed by atoms with Gasteiger partial charge in [0.05, 0.1) is 15.6 Å². The van der Waals surface area contributed by atoms with Crippen LogP contribution in [0.1, 0.15) is 16.1 Å². The van der Waals surface area contributed by atoms with Gasteiger partial charge in [-0.15, -0.1) is 0 Å². The normalized spacial score (nSPS) is 10.7. The highest BCUT2D eigenvalue weighted by Gasteiger charge is 2.20. The summed E-state index contributed by atoms with van der Waals surface area (Å²) in [5.74, 6) is -2.13. The molecule has 0 fully saturated rings. The summed E-state index contributed by atoms with van der Waals surface area (Å²) in [7, 11) is 0. The van der Waals surface area contributed by atoms with E-state index in [1.807, 2.05) is 0 Å². The average Bonchev–Trinajstić information content (AvgIpc) is 3.00. The van der Waals surface area contributed by atoms with Crippen molar-refractivity contribution >= 4 is 38.5 Å². The lowest BCUT2D eigenvalue weighted by molar-refractivity contribution is 0.102. The molecule has 1 aromatic carbocycles. The van der Waals surface area contributed by atoms with Gasteiger partial charge in [0.1, 0.15) is 5.82 Å². The van der Waals surface area contributed by atoms with Crippen molar-refractivity contribution in [3.8, 4) is 11.4 Å². The second-order valence-corrected chi connectivity index (χ2v) is 6.34. The zero-order valence-electron chi connectivity index (χ0n) is 12.2. The summed E-state index contributed by atoms with van der Waals surface area (Å²) in [6, 6.07) is 5.63. The number of nitrogens with one attached hydrogen (secondary N) is 1. The second kappa shape index (κ2) is 6.70. The Labute approximate surface area is 148 Å². The van der Waals surface area contributed by atoms with Gasteiger partial charge >= 0.3 is 0 Å². The number of rotatable bonds is 3. The summed E-state index contributed by atoms with van der Waals surface area (Å²) in [4.78, 5) is 20.2. The number of benzene rings is 1. The van der Waals surface area contributed by atoms with Gasteiger partial charge in [-0.2, -0.15) is 9.36 Å². The van der Waals surface area contributed by atoms with Crippen molar-refractivity contribution in [1.29, 1.82) is 0 Å². The van der Waals surface area contributed by atoms with Gasteiger partial charge < -0.3 is 0 Å². The third-order valence-electron chi connectivity index (χ3n) is 3.17. The van der Waals surface area contributed by atoms with Crippen LogP contribution in [0.15, 0.2) is 34.9 Å². The van der Waals surface area contributed by atoms with E-state index in [0.29, 0.717) is 11.3 Å². The summed E-state index contributed by atoms with van der Waals surface area (Å²) in [5.41, 5.74) is 0.594. The van der Waals surface area contributed by atoms with E-state index >= 15 is 0 Å². The monoisotopic (exact) mass is 410 g/mol. The van der Waals surface area contributed by atoms with Crippen LogP contribution in [0.3, 0.4) is 0 Å². The fourth-order valence-electron chi connectivity index (χ4n) is 2.00. The fraction of sp³-hybridized carbons (Fsp3) is 0.0667. The summed E-state index contributed by atoms with van der Waals surface area (Å²) in [6.45, 7) is 1.70. The minimum atomic E-state index is -0.797. The van der Waals surface area contributed by atoms with Crippen LogP contribution in [0.25, 0.3) is 11.4 Å². The minimum absolute atomic E-state index is 0.102. The molecule has 3 rings (SSSR count). The van der Waals surface area contributed by atoms with Gasteiger partial charge in [-0.05, 0) is 47.1 Å². The van der Waals surface area contributed by atoms with Gasteiger partial charge in [0.15, 0.2) is 11.6 Å². The maximum Gasteiger partial charge on any atom is 0.259 e. The molecule has 1 amide bonds. The van der Waals surface area contributed by atoms with Gasteiger partial charge in [-0.25, -0.2) is 8.78 Å². The first-order chi connectivity index (χ1) is 11.5. The molecule has 3 aromatic rings. The van der Waals surface area contributed by atoms with Crippen LogP contribution in [0.4, 0.5) is 13.9 Å². The number of carbonyl (C=O) groups is 1. The predicted octanol–water partition coefficient (Wildman–Crippen LogP) is 4.20. The highest BCUT2D eigenvalue weighted by atomic mass is 79.9. The number of hydrogen-bond donors (Lipinski definition) is 1. The predicted molar refractivity (Wildman–Crippen MR) is 89.9 cm³/mol. The van der Waals surface area contributed by atoms with Crippen LogP contribution in [-0.4, -0.2) is 20.2 Å². The molecule has 9 heteroatoms. The zero-order valence-corrected chi connectivity index (χ0v) is 14.6. The van der Waals surface area contributed by atoms with E-state index in [-0.39, 0.29) is 21.0 Å². The van der Waals surface area contributed by atoms with Crippen LogP contribution < -0.4 is 5.32 Å². The number of nitrogens with zero attached hydrogens (tertiary/aromatic N) is 3. The fourth-order valence-corrected chi connectivity index (χ4v) is 2.90. The van der Waals surface area contributed by atoms with E-state index in [2.05, 4.69) is 35.6 Å². The first-order valence-corrected chi connectivity index (χ1v) is 8.24. The highest BCUT2D eigenvalue weighted by Crippen LogP contribution is 2.30. The Balaban J connectivity index is 1.89. The van der Waals surface area contributed by atoms with E-state index in [1.165, 1.54) is 6.07 Å². The summed E-state index contributed by atoms with van der Waals surface area (Å²) in [6.07, 6.45) is 1.58. The number of amides is 1. The quantitative estimate of drug-likeness (QED) is 0.656. The number of hydrogen-bond acceptors (Lipinski definition) is 5. The smallest absolute Gasteiger partial charge is 0.259 e. The molecular weight excluding hydrogens is 402 g/mol. The Morgan fingerprint density at radius 3 is 2.83 bits per heavy atom. The molecule has 24 heavy (non-hydrogen) atoms. The number of pyridine rings is 1. The Kier molecular flexibility index (Phi) is 4.63. The third-order valence-corrected chi connectivity index (χ3v) is 4.41. The second-order valence-electron chi connectivity index (χ2n) is 4.73. The molecule has 0 bridgehead atoms. The van der Waals surface area contributed by atoms with Crippen molar-refractivity contribution in [2.45, 2.75) is 6.92 Å². The van der Waals surface area contributed by atoms with Crippen molar-refractivity contribution in [3.63, 3.8) is 0 Å². The molecule has 1 N–H and O–H groups in total. The molecule has 0 radical (unpaired) electrons. The summed E-state index contributed by atoms with van der Waals surface area (Å²) < 4.78 is 32.0. The van der Waals surface area contributed by atoms with Gasteiger partial charge in [0.25, 0.3) is 5.91 Å². The summed E-state index contributed by atoms with van der Waals surface area (Å²) in [5, 5.41) is 2.69. The molecule has 0 aliphatic rings. The largest absolute Gasteiger partial charge is 0.297 e. The molecule has 0 atom stereocenters. The topological polar surface area (TPSA) is 67.8 Å². The first kappa shape index (κ1) is 16.6. The number of anilines is 1. The van der Waals surface area contributed by atoms with Crippen molar-refractivity contribution in [2.75, 3.05) is 5.32 Å². The van der Waals surface area contributed by atoms with Crippen molar-refractivity contribution < 1.29 is 13.6 Å². The van der Waals surface area contributed by atoms with E-state index in [4.69, 9.17) is 0 Å². The maximum absolute atomic E-state index is 14.1. The lowest BCUT2D eigenvalue weighted by Crippen LogP contribution is -2.13. The molecule has 0 unspecified atom stereocenters. The molecular formula is C15H9BrF2N4OS. The first-order valence-electron chi connectivity index (χ1n) is 6.68. The number of aryl methyl sites for hydroxylation is 1. The molecule has 0 saturated carbocycles. The van der Waals surface area contributed by atoms with Crippen molar-refractivity contribution in [2.24, 2.45) is 0 Å². The van der Waals surface area contributed by atoms with Crippen LogP contribution >= 0.6 is 27.5 Å². The lowest BCUT2D eigenvalue weighted by Gasteiger charge is -2.04. The number of halogens is 3. The Hall–Kier alpha value is -2.26. The molecule has 2 aromatic heterocycles. The van der Waals surface area contributed by atoms with Gasteiger partial charge in [-0.1, -0.05) is 0 Å². The molecule has 0 spiro atoms. The van der Waals surface area contributed by atoms with Crippen LogP contribution in [0.2, 0.25) is 0 Å². The molecule has 0 aliphatic carbocycles. The van der Waals surface area contributed by atoms with Gasteiger partial charge in [0.2, 0.25) is 5.13 Å². The van der Waals surface area contributed by atoms with E-state index in [0.717, 1.165) is 17.6 Å². The third kappa shape index (κ3) is 3.17. The molecule has 2 heterocycles. The minimum Gasteiger partial charge on any atom is -0.297 e. The van der Waals surface area contributed by atoms with Crippen LogP contribution in [-0.2, 0) is 0 Å². The van der Waals surface area contributed by atoms with Crippen LogP contribution in [0.5, 0.6) is 0 Å². The van der Waals surface area contributed by atoms with Gasteiger partial charge in [-0.3, -0.25) is 15.1 Å². The molecule has 122 valence electrons. The number of carbonyl (C=O) groups excluding carboxylic acids is 1. The highest BCUT2D eigenvalue weighted by molar-refractivity contribution is 9.10. The van der Waals surface area contributed by atoms with Crippen molar-refractivity contribution in [3.05, 3.63) is 57.8 Å². The summed E-state index contributed by atoms with van der Waals surface area (Å²) >= 11 is 3.83. The zero-order chi connectivity index (χ0) is 17.3. The average molecular weight is 411 g/mol. The Bertz CT molecular complexity index is 932. The van der Waals surface area contributed by atoms with E-state index in [9.17, 15) is 13.6 Å². The Morgan fingerprint density at radius 1 is 1.29 bits per heavy atom. The van der Waals surface area contributed by atoms with Crippen molar-refractivity contribution in [1.82, 2.24) is 14.3 Å². The molecule has 0 saturated heterocycles. The van der Waals surface area contributed by atoms with E-state index in [1.54, 1.807) is 25.3 Å². The van der Waals surface area contributed by atoms with Gasteiger partial charge in [0, 0.05) is 23.4 Å². The molecule has 0 aliphatic heterocycles. The SMILES string of the molecule is Cc1ncccc1C(=O)Nc1nc(-c2c(F)ccc(Br)c2F)ns1. The number of aromatic nitrogens is 3. The van der Waals surface area contributed by atoms with Crippen LogP contribution in [0, 0.1) is 18.6 Å².